The second-order valence-electron chi connectivity index (χ2n) is 4.83. The molecule has 1 rings (SSSR count). The standard InChI is InChI=1S/C11H24N2/c1-10(5-8-12)9-13-11(2)6-3-4-7-11/h10,13H,3-9,12H2,1-2H3. The molecule has 0 aromatic heterocycles. The molecule has 0 radical (unpaired) electrons. The van der Waals surface area contributed by atoms with Crippen molar-refractivity contribution in [2.45, 2.75) is 51.5 Å². The minimum atomic E-state index is 0.433. The van der Waals surface area contributed by atoms with E-state index < -0.39 is 0 Å². The van der Waals surface area contributed by atoms with Gasteiger partial charge in [0.25, 0.3) is 0 Å². The monoisotopic (exact) mass is 184 g/mol. The molecule has 3 N–H and O–H groups in total. The predicted octanol–water partition coefficient (Wildman–Crippen LogP) is 1.89. The lowest BCUT2D eigenvalue weighted by molar-refractivity contribution is 0.331. The summed E-state index contributed by atoms with van der Waals surface area (Å²) in [5.74, 6) is 0.724. The van der Waals surface area contributed by atoms with Gasteiger partial charge in [-0.05, 0) is 45.2 Å². The van der Waals surface area contributed by atoms with Gasteiger partial charge in [0.1, 0.15) is 0 Å². The molecule has 1 fully saturated rings. The quantitative estimate of drug-likeness (QED) is 0.685. The van der Waals surface area contributed by atoms with Crippen LogP contribution in [0.5, 0.6) is 0 Å². The van der Waals surface area contributed by atoms with E-state index in [0.29, 0.717) is 5.54 Å². The maximum absolute atomic E-state index is 5.52. The van der Waals surface area contributed by atoms with Gasteiger partial charge in [-0.15, -0.1) is 0 Å². The summed E-state index contributed by atoms with van der Waals surface area (Å²) in [7, 11) is 0. The van der Waals surface area contributed by atoms with Crippen LogP contribution in [0.2, 0.25) is 0 Å². The van der Waals surface area contributed by atoms with E-state index in [1.54, 1.807) is 0 Å². The van der Waals surface area contributed by atoms with Gasteiger partial charge in [-0.25, -0.2) is 0 Å². The summed E-state index contributed by atoms with van der Waals surface area (Å²) in [6.45, 7) is 6.58. The Labute approximate surface area is 82.3 Å². The van der Waals surface area contributed by atoms with Crippen LogP contribution in [0.3, 0.4) is 0 Å². The van der Waals surface area contributed by atoms with Gasteiger partial charge in [0.2, 0.25) is 0 Å². The highest BCUT2D eigenvalue weighted by molar-refractivity contribution is 4.88. The van der Waals surface area contributed by atoms with E-state index in [9.17, 15) is 0 Å². The summed E-state index contributed by atoms with van der Waals surface area (Å²) in [4.78, 5) is 0. The van der Waals surface area contributed by atoms with E-state index >= 15 is 0 Å². The Morgan fingerprint density at radius 1 is 1.38 bits per heavy atom. The summed E-state index contributed by atoms with van der Waals surface area (Å²) >= 11 is 0. The fourth-order valence-electron chi connectivity index (χ4n) is 2.14. The first-order valence-corrected chi connectivity index (χ1v) is 5.61. The summed E-state index contributed by atoms with van der Waals surface area (Å²) in [6, 6.07) is 0. The van der Waals surface area contributed by atoms with Gasteiger partial charge in [0.05, 0.1) is 0 Å². The molecule has 0 aromatic carbocycles. The van der Waals surface area contributed by atoms with E-state index in [1.807, 2.05) is 0 Å². The minimum absolute atomic E-state index is 0.433. The molecular formula is C11H24N2. The van der Waals surface area contributed by atoms with E-state index in [0.717, 1.165) is 25.4 Å². The third kappa shape index (κ3) is 3.65. The molecule has 0 aliphatic heterocycles. The molecule has 1 saturated carbocycles. The molecule has 0 bridgehead atoms. The third-order valence-electron chi connectivity index (χ3n) is 3.24. The first-order chi connectivity index (χ1) is 6.16. The molecule has 1 aliphatic carbocycles. The molecule has 0 amide bonds. The molecule has 1 aliphatic rings. The van der Waals surface area contributed by atoms with Crippen molar-refractivity contribution in [2.24, 2.45) is 11.7 Å². The van der Waals surface area contributed by atoms with Crippen LogP contribution in [0.1, 0.15) is 46.0 Å². The van der Waals surface area contributed by atoms with E-state index in [4.69, 9.17) is 5.73 Å². The Bertz CT molecular complexity index is 139. The largest absolute Gasteiger partial charge is 0.330 e. The number of nitrogens with one attached hydrogen (secondary N) is 1. The maximum atomic E-state index is 5.52. The second-order valence-corrected chi connectivity index (χ2v) is 4.83. The highest BCUT2D eigenvalue weighted by atomic mass is 15.0. The highest BCUT2D eigenvalue weighted by Crippen LogP contribution is 2.28. The van der Waals surface area contributed by atoms with Crippen molar-refractivity contribution in [3.8, 4) is 0 Å². The van der Waals surface area contributed by atoms with Crippen molar-refractivity contribution in [1.82, 2.24) is 5.32 Å². The highest BCUT2D eigenvalue weighted by Gasteiger charge is 2.27. The molecule has 1 unspecified atom stereocenters. The summed E-state index contributed by atoms with van der Waals surface area (Å²) in [6.07, 6.45) is 6.64. The first kappa shape index (κ1) is 11.0. The number of hydrogen-bond donors (Lipinski definition) is 2. The Morgan fingerprint density at radius 3 is 2.54 bits per heavy atom. The summed E-state index contributed by atoms with van der Waals surface area (Å²) in [5, 5.41) is 3.69. The van der Waals surface area contributed by atoms with E-state index in [-0.39, 0.29) is 0 Å². The zero-order chi connectivity index (χ0) is 9.73. The maximum Gasteiger partial charge on any atom is 0.0153 e. The van der Waals surface area contributed by atoms with E-state index in [1.165, 1.54) is 25.7 Å². The van der Waals surface area contributed by atoms with Crippen LogP contribution in [0.25, 0.3) is 0 Å². The van der Waals surface area contributed by atoms with Gasteiger partial charge in [0, 0.05) is 5.54 Å². The Morgan fingerprint density at radius 2 is 2.00 bits per heavy atom. The minimum Gasteiger partial charge on any atom is -0.330 e. The van der Waals surface area contributed by atoms with Crippen molar-refractivity contribution in [1.29, 1.82) is 0 Å². The SMILES string of the molecule is CC(CCN)CNC1(C)CCCC1. The van der Waals surface area contributed by atoms with Gasteiger partial charge in [-0.1, -0.05) is 19.8 Å². The zero-order valence-electron chi connectivity index (χ0n) is 9.10. The molecule has 0 aromatic rings. The lowest BCUT2D eigenvalue weighted by Gasteiger charge is -2.27. The Balaban J connectivity index is 2.17. The van der Waals surface area contributed by atoms with Crippen LogP contribution in [0, 0.1) is 5.92 Å². The van der Waals surface area contributed by atoms with Crippen molar-refractivity contribution >= 4 is 0 Å². The van der Waals surface area contributed by atoms with Crippen molar-refractivity contribution in [3.05, 3.63) is 0 Å². The second kappa shape index (κ2) is 4.97. The van der Waals surface area contributed by atoms with Crippen LogP contribution in [-0.4, -0.2) is 18.6 Å². The van der Waals surface area contributed by atoms with Gasteiger partial charge < -0.3 is 11.1 Å². The molecule has 78 valence electrons. The molecule has 2 heteroatoms. The number of rotatable bonds is 5. The van der Waals surface area contributed by atoms with Crippen molar-refractivity contribution in [3.63, 3.8) is 0 Å². The molecular weight excluding hydrogens is 160 g/mol. The fraction of sp³-hybridized carbons (Fsp3) is 1.00. The Kier molecular flexibility index (Phi) is 4.20. The molecule has 13 heavy (non-hydrogen) atoms. The first-order valence-electron chi connectivity index (χ1n) is 5.61. The average molecular weight is 184 g/mol. The van der Waals surface area contributed by atoms with Crippen LogP contribution < -0.4 is 11.1 Å². The third-order valence-corrected chi connectivity index (χ3v) is 3.24. The lowest BCUT2D eigenvalue weighted by Crippen LogP contribution is -2.42. The molecule has 0 saturated heterocycles. The average Bonchev–Trinajstić information content (AvgIpc) is 2.51. The van der Waals surface area contributed by atoms with Gasteiger partial charge in [-0.3, -0.25) is 0 Å². The van der Waals surface area contributed by atoms with Gasteiger partial charge in [-0.2, -0.15) is 0 Å². The topological polar surface area (TPSA) is 38.0 Å². The smallest absolute Gasteiger partial charge is 0.0153 e. The van der Waals surface area contributed by atoms with Crippen LogP contribution in [0.15, 0.2) is 0 Å². The molecule has 0 heterocycles. The zero-order valence-corrected chi connectivity index (χ0v) is 9.10. The van der Waals surface area contributed by atoms with Crippen molar-refractivity contribution in [2.75, 3.05) is 13.1 Å². The fourth-order valence-corrected chi connectivity index (χ4v) is 2.14. The summed E-state index contributed by atoms with van der Waals surface area (Å²) in [5.41, 5.74) is 5.95. The molecule has 2 nitrogen and oxygen atoms in total. The predicted molar refractivity (Wildman–Crippen MR) is 57.7 cm³/mol. The molecule has 0 spiro atoms. The lowest BCUT2D eigenvalue weighted by atomic mass is 9.99. The van der Waals surface area contributed by atoms with Gasteiger partial charge in [0.15, 0.2) is 0 Å². The van der Waals surface area contributed by atoms with Crippen molar-refractivity contribution < 1.29 is 0 Å². The van der Waals surface area contributed by atoms with Crippen LogP contribution in [-0.2, 0) is 0 Å². The normalized spacial score (nSPS) is 23.3. The summed E-state index contributed by atoms with van der Waals surface area (Å²) < 4.78 is 0. The molecule has 1 atom stereocenters. The Hall–Kier alpha value is -0.0800. The number of hydrogen-bond acceptors (Lipinski definition) is 2. The van der Waals surface area contributed by atoms with Crippen LogP contribution in [0.4, 0.5) is 0 Å². The number of nitrogens with two attached hydrogens (primary N) is 1. The van der Waals surface area contributed by atoms with Crippen LogP contribution >= 0.6 is 0 Å². The van der Waals surface area contributed by atoms with E-state index in [2.05, 4.69) is 19.2 Å². The van der Waals surface area contributed by atoms with Gasteiger partial charge >= 0.3 is 0 Å².